The van der Waals surface area contributed by atoms with Crippen LogP contribution in [0.4, 0.5) is 0 Å². The highest BCUT2D eigenvalue weighted by molar-refractivity contribution is 9.10. The van der Waals surface area contributed by atoms with E-state index >= 15 is 0 Å². The number of ether oxygens (including phenoxy) is 2. The van der Waals surface area contributed by atoms with E-state index in [-0.39, 0.29) is 18.1 Å². The summed E-state index contributed by atoms with van der Waals surface area (Å²) in [6, 6.07) is 19.4. The number of furan rings is 1. The Morgan fingerprint density at radius 1 is 0.931 bits per heavy atom. The van der Waals surface area contributed by atoms with Crippen LogP contribution >= 0.6 is 15.9 Å². The molecule has 0 aliphatic rings. The number of carbonyl (C=O) groups excluding carboxylic acids is 1. The fourth-order valence-electron chi connectivity index (χ4n) is 2.77. The van der Waals surface area contributed by atoms with E-state index in [0.29, 0.717) is 21.4 Å². The van der Waals surface area contributed by atoms with Crippen LogP contribution in [0.2, 0.25) is 0 Å². The summed E-state index contributed by atoms with van der Waals surface area (Å²) >= 11 is 3.23. The maximum atomic E-state index is 12.9. The van der Waals surface area contributed by atoms with Gasteiger partial charge in [0.25, 0.3) is 0 Å². The Kier molecular flexibility index (Phi) is 5.48. The summed E-state index contributed by atoms with van der Waals surface area (Å²) in [6.45, 7) is -0.321. The number of rotatable bonds is 6. The molecule has 0 spiro atoms. The van der Waals surface area contributed by atoms with E-state index in [1.54, 1.807) is 36.4 Å². The number of carbonyl (C=O) groups is 1. The minimum absolute atomic E-state index is 0.107. The number of halogens is 1. The summed E-state index contributed by atoms with van der Waals surface area (Å²) < 4.78 is 22.6. The molecule has 0 amide bonds. The van der Waals surface area contributed by atoms with Crippen LogP contribution < -0.4 is 10.2 Å². The summed E-state index contributed by atoms with van der Waals surface area (Å²) in [5, 5.41) is 0.342. The average Bonchev–Trinajstić information content (AvgIpc) is 3.18. The first-order chi connectivity index (χ1) is 14.1. The van der Waals surface area contributed by atoms with Crippen molar-refractivity contribution >= 4 is 32.9 Å². The molecule has 6 nitrogen and oxygen atoms in total. The van der Waals surface area contributed by atoms with Crippen LogP contribution in [0.1, 0.15) is 5.56 Å². The third-order valence-corrected chi connectivity index (χ3v) is 4.56. The lowest BCUT2D eigenvalue weighted by Crippen LogP contribution is -2.18. The highest BCUT2D eigenvalue weighted by Gasteiger charge is 2.21. The van der Waals surface area contributed by atoms with Crippen LogP contribution in [-0.4, -0.2) is 12.6 Å². The van der Waals surface area contributed by atoms with E-state index < -0.39 is 18.0 Å². The van der Waals surface area contributed by atoms with E-state index in [0.717, 1.165) is 5.56 Å². The fourth-order valence-corrected chi connectivity index (χ4v) is 3.07. The van der Waals surface area contributed by atoms with Gasteiger partial charge in [0.05, 0.1) is 5.39 Å². The van der Waals surface area contributed by atoms with Crippen molar-refractivity contribution in [2.45, 2.75) is 6.61 Å². The van der Waals surface area contributed by atoms with E-state index in [4.69, 9.17) is 18.3 Å². The molecule has 0 unspecified atom stereocenters. The predicted octanol–water partition coefficient (Wildman–Crippen LogP) is 4.94. The number of benzene rings is 2. The number of para-hydroxylation sites is 1. The van der Waals surface area contributed by atoms with E-state index in [1.807, 2.05) is 30.3 Å². The molecular weight excluding hydrogens is 440 g/mol. The molecule has 0 bridgehead atoms. The van der Waals surface area contributed by atoms with Crippen molar-refractivity contribution in [3.8, 4) is 17.3 Å². The van der Waals surface area contributed by atoms with Gasteiger partial charge in [0, 0.05) is 0 Å². The second-order valence-electron chi connectivity index (χ2n) is 6.12. The van der Waals surface area contributed by atoms with E-state index in [9.17, 15) is 9.59 Å². The van der Waals surface area contributed by atoms with Gasteiger partial charge in [-0.15, -0.1) is 0 Å². The first-order valence-corrected chi connectivity index (χ1v) is 9.55. The normalized spacial score (nSPS) is 10.8. The molecule has 0 atom stereocenters. The topological polar surface area (TPSA) is 78.9 Å². The van der Waals surface area contributed by atoms with Gasteiger partial charge < -0.3 is 18.3 Å². The Morgan fingerprint density at radius 2 is 1.69 bits per heavy atom. The van der Waals surface area contributed by atoms with Gasteiger partial charge >= 0.3 is 5.97 Å². The lowest BCUT2D eigenvalue weighted by atomic mass is 10.2. The zero-order valence-electron chi connectivity index (χ0n) is 15.1. The lowest BCUT2D eigenvalue weighted by molar-refractivity contribution is -0.147. The van der Waals surface area contributed by atoms with Gasteiger partial charge in [0.2, 0.25) is 16.9 Å². The van der Waals surface area contributed by atoms with Crippen LogP contribution in [0.5, 0.6) is 5.75 Å². The van der Waals surface area contributed by atoms with Crippen LogP contribution in [0.3, 0.4) is 0 Å². The number of hydrogen-bond acceptors (Lipinski definition) is 6. The smallest absolute Gasteiger partial charge is 0.344 e. The van der Waals surface area contributed by atoms with Crippen LogP contribution in [-0.2, 0) is 16.1 Å². The average molecular weight is 455 g/mol. The largest absolute Gasteiger partial charge is 0.474 e. The zero-order chi connectivity index (χ0) is 20.2. The van der Waals surface area contributed by atoms with Gasteiger partial charge in [-0.1, -0.05) is 42.5 Å². The highest BCUT2D eigenvalue weighted by Crippen LogP contribution is 2.33. The molecule has 7 heteroatoms. The Labute approximate surface area is 173 Å². The molecule has 0 aliphatic heterocycles. The molecule has 4 rings (SSSR count). The molecule has 0 N–H and O–H groups in total. The molecule has 2 aromatic heterocycles. The second kappa shape index (κ2) is 8.36. The summed E-state index contributed by atoms with van der Waals surface area (Å²) in [7, 11) is 0. The predicted molar refractivity (Wildman–Crippen MR) is 110 cm³/mol. The molecule has 0 saturated heterocycles. The number of hydrogen-bond donors (Lipinski definition) is 0. The van der Waals surface area contributed by atoms with Gasteiger partial charge in [-0.05, 0) is 45.8 Å². The Bertz CT molecular complexity index is 1210. The van der Waals surface area contributed by atoms with Gasteiger partial charge in [0.15, 0.2) is 17.0 Å². The zero-order valence-corrected chi connectivity index (χ0v) is 16.7. The third kappa shape index (κ3) is 4.25. The third-order valence-electron chi connectivity index (χ3n) is 4.13. The van der Waals surface area contributed by atoms with Crippen molar-refractivity contribution in [3.05, 3.63) is 87.2 Å². The Hall–Kier alpha value is -3.32. The quantitative estimate of drug-likeness (QED) is 0.384. The fraction of sp³-hybridized carbons (Fsp3) is 0.0909. The van der Waals surface area contributed by atoms with E-state index in [2.05, 4.69) is 15.9 Å². The maximum Gasteiger partial charge on any atom is 0.344 e. The lowest BCUT2D eigenvalue weighted by Gasteiger charge is -2.10. The molecule has 2 heterocycles. The maximum absolute atomic E-state index is 12.9. The Morgan fingerprint density at radius 3 is 2.45 bits per heavy atom. The van der Waals surface area contributed by atoms with Gasteiger partial charge in [-0.3, -0.25) is 4.79 Å². The SMILES string of the molecule is O=C(COc1c(-c2ccc(Br)o2)oc2ccccc2c1=O)OCc1ccccc1. The molecule has 2 aromatic carbocycles. The minimum Gasteiger partial charge on any atom is -0.474 e. The van der Waals surface area contributed by atoms with Crippen molar-refractivity contribution in [1.82, 2.24) is 0 Å². The standard InChI is InChI=1S/C22H15BrO6/c23-18-11-10-17(28-18)21-22(20(25)15-8-4-5-9-16(15)29-21)27-13-19(24)26-12-14-6-2-1-3-7-14/h1-11H,12-13H2. The summed E-state index contributed by atoms with van der Waals surface area (Å²) in [5.74, 6) is -0.308. The highest BCUT2D eigenvalue weighted by atomic mass is 79.9. The van der Waals surface area contributed by atoms with Crippen LogP contribution in [0.25, 0.3) is 22.5 Å². The molecule has 0 fully saturated rings. The van der Waals surface area contributed by atoms with Crippen molar-refractivity contribution in [2.75, 3.05) is 6.61 Å². The number of esters is 1. The first-order valence-electron chi connectivity index (χ1n) is 8.76. The van der Waals surface area contributed by atoms with Gasteiger partial charge in [0.1, 0.15) is 12.2 Å². The molecule has 146 valence electrons. The molecule has 0 radical (unpaired) electrons. The van der Waals surface area contributed by atoms with Crippen molar-refractivity contribution in [1.29, 1.82) is 0 Å². The first kappa shape index (κ1) is 19.0. The monoisotopic (exact) mass is 454 g/mol. The van der Waals surface area contributed by atoms with Gasteiger partial charge in [-0.25, -0.2) is 4.79 Å². The number of fused-ring (bicyclic) bond motifs is 1. The van der Waals surface area contributed by atoms with Crippen LogP contribution in [0.15, 0.2) is 85.0 Å². The molecule has 29 heavy (non-hydrogen) atoms. The molecular formula is C22H15BrO6. The summed E-state index contributed by atoms with van der Waals surface area (Å²) in [6.07, 6.45) is 0. The molecule has 4 aromatic rings. The van der Waals surface area contributed by atoms with Crippen molar-refractivity contribution in [2.24, 2.45) is 0 Å². The summed E-state index contributed by atoms with van der Waals surface area (Å²) in [5.41, 5.74) is 0.844. The van der Waals surface area contributed by atoms with Gasteiger partial charge in [-0.2, -0.15) is 0 Å². The van der Waals surface area contributed by atoms with E-state index in [1.165, 1.54) is 0 Å². The van der Waals surface area contributed by atoms with Crippen molar-refractivity contribution in [3.63, 3.8) is 0 Å². The van der Waals surface area contributed by atoms with Crippen LogP contribution in [0, 0.1) is 0 Å². The summed E-state index contributed by atoms with van der Waals surface area (Å²) in [4.78, 5) is 25.0. The Balaban J connectivity index is 1.59. The minimum atomic E-state index is -0.604. The molecule has 0 aliphatic carbocycles. The van der Waals surface area contributed by atoms with Crippen molar-refractivity contribution < 1.29 is 23.1 Å². The molecule has 0 saturated carbocycles. The second-order valence-corrected chi connectivity index (χ2v) is 6.91.